The summed E-state index contributed by atoms with van der Waals surface area (Å²) >= 11 is 3.91. The number of para-hydroxylation sites is 1. The molecule has 38 heavy (non-hydrogen) atoms. The first kappa shape index (κ1) is 30.6. The molecular formula is C24H34N6O7S. The van der Waals surface area contributed by atoms with Gasteiger partial charge in [0, 0.05) is 29.3 Å². The minimum Gasteiger partial charge on any atom is -0.481 e. The SMILES string of the molecule is NCCCCC(NC(=O)C(CC(=O)O)NC(=O)C(N)CS)C(=O)NC(Cc1c[nH]c2ccccc12)C(=O)O. The Balaban J connectivity index is 2.19. The smallest absolute Gasteiger partial charge is 0.326 e. The van der Waals surface area contributed by atoms with Crippen LogP contribution in [0, 0.1) is 0 Å². The predicted molar refractivity (Wildman–Crippen MR) is 142 cm³/mol. The molecule has 0 spiro atoms. The average Bonchev–Trinajstić information content (AvgIpc) is 3.29. The molecule has 0 saturated carbocycles. The number of carboxylic acid groups (broad SMARTS) is 2. The lowest BCUT2D eigenvalue weighted by molar-refractivity contribution is -0.143. The maximum Gasteiger partial charge on any atom is 0.326 e. The van der Waals surface area contributed by atoms with Gasteiger partial charge in [-0.3, -0.25) is 19.2 Å². The number of hydrogen-bond donors (Lipinski definition) is 9. The number of aliphatic carboxylic acids is 2. The zero-order chi connectivity index (χ0) is 28.2. The van der Waals surface area contributed by atoms with Gasteiger partial charge in [-0.1, -0.05) is 18.2 Å². The molecule has 0 radical (unpaired) electrons. The van der Waals surface area contributed by atoms with E-state index in [0.29, 0.717) is 24.9 Å². The van der Waals surface area contributed by atoms with E-state index in [4.69, 9.17) is 11.5 Å². The van der Waals surface area contributed by atoms with Crippen molar-refractivity contribution in [2.45, 2.75) is 56.3 Å². The van der Waals surface area contributed by atoms with Gasteiger partial charge in [-0.05, 0) is 37.4 Å². The first-order valence-electron chi connectivity index (χ1n) is 12.0. The number of aromatic nitrogens is 1. The summed E-state index contributed by atoms with van der Waals surface area (Å²) in [5.41, 5.74) is 12.6. The van der Waals surface area contributed by atoms with Gasteiger partial charge in [-0.15, -0.1) is 0 Å². The third-order valence-corrected chi connectivity index (χ3v) is 6.23. The maximum absolute atomic E-state index is 13.1. The molecule has 0 fully saturated rings. The van der Waals surface area contributed by atoms with E-state index in [2.05, 4.69) is 33.6 Å². The fourth-order valence-corrected chi connectivity index (χ4v) is 3.94. The molecule has 10 N–H and O–H groups in total. The normalized spacial score (nSPS) is 14.2. The molecule has 208 valence electrons. The topological polar surface area (TPSA) is 230 Å². The summed E-state index contributed by atoms with van der Waals surface area (Å²) in [4.78, 5) is 64.5. The Morgan fingerprint density at radius 3 is 2.18 bits per heavy atom. The van der Waals surface area contributed by atoms with E-state index in [-0.39, 0.29) is 18.6 Å². The lowest BCUT2D eigenvalue weighted by atomic mass is 10.0. The Morgan fingerprint density at radius 1 is 0.921 bits per heavy atom. The van der Waals surface area contributed by atoms with E-state index in [0.717, 1.165) is 10.9 Å². The number of carbonyl (C=O) groups excluding carboxylic acids is 3. The van der Waals surface area contributed by atoms with Gasteiger partial charge < -0.3 is 42.6 Å². The predicted octanol–water partition coefficient (Wildman–Crippen LogP) is -0.890. The van der Waals surface area contributed by atoms with Crippen molar-refractivity contribution in [1.29, 1.82) is 0 Å². The monoisotopic (exact) mass is 550 g/mol. The van der Waals surface area contributed by atoms with Crippen LogP contribution in [0.25, 0.3) is 10.9 Å². The molecule has 13 nitrogen and oxygen atoms in total. The Hall–Kier alpha value is -3.62. The molecule has 0 aliphatic rings. The highest BCUT2D eigenvalue weighted by molar-refractivity contribution is 7.80. The molecule has 2 rings (SSSR count). The lowest BCUT2D eigenvalue weighted by Crippen LogP contribution is -2.57. The van der Waals surface area contributed by atoms with E-state index in [1.807, 2.05) is 24.3 Å². The number of carbonyl (C=O) groups is 5. The van der Waals surface area contributed by atoms with Crippen molar-refractivity contribution in [3.8, 4) is 0 Å². The Labute approximate surface area is 224 Å². The third kappa shape index (κ3) is 9.04. The fourth-order valence-electron chi connectivity index (χ4n) is 3.77. The highest BCUT2D eigenvalue weighted by Crippen LogP contribution is 2.19. The number of aromatic amines is 1. The third-order valence-electron chi connectivity index (χ3n) is 5.84. The molecule has 0 bridgehead atoms. The van der Waals surface area contributed by atoms with E-state index in [1.165, 1.54) is 0 Å². The van der Waals surface area contributed by atoms with Crippen LogP contribution in [0.5, 0.6) is 0 Å². The Bertz CT molecular complexity index is 1140. The van der Waals surface area contributed by atoms with Crippen LogP contribution in [-0.4, -0.2) is 81.3 Å². The second kappa shape index (κ2) is 15.0. The largest absolute Gasteiger partial charge is 0.481 e. The van der Waals surface area contributed by atoms with Crippen molar-refractivity contribution in [1.82, 2.24) is 20.9 Å². The molecule has 4 atom stereocenters. The van der Waals surface area contributed by atoms with Gasteiger partial charge in [0.1, 0.15) is 18.1 Å². The van der Waals surface area contributed by atoms with Crippen LogP contribution in [0.2, 0.25) is 0 Å². The van der Waals surface area contributed by atoms with Crippen LogP contribution >= 0.6 is 12.6 Å². The first-order valence-corrected chi connectivity index (χ1v) is 12.7. The number of nitrogens with two attached hydrogens (primary N) is 2. The summed E-state index contributed by atoms with van der Waals surface area (Å²) < 4.78 is 0. The molecule has 3 amide bonds. The highest BCUT2D eigenvalue weighted by Gasteiger charge is 2.31. The standard InChI is InChI=1S/C24H34N6O7S/c25-8-4-3-7-17(28-23(35)18(10-20(31)32)29-21(33)15(26)12-38)22(34)30-19(24(36)37)9-13-11-27-16-6-2-1-5-14(13)16/h1-2,5-6,11,15,17-19,27,38H,3-4,7-10,12,25-26H2,(H,28,35)(H,29,33)(H,30,34)(H,31,32)(H,36,37). The lowest BCUT2D eigenvalue weighted by Gasteiger charge is -2.24. The van der Waals surface area contributed by atoms with Gasteiger partial charge in [0.15, 0.2) is 0 Å². The van der Waals surface area contributed by atoms with Crippen LogP contribution in [0.15, 0.2) is 30.5 Å². The van der Waals surface area contributed by atoms with Crippen LogP contribution in [-0.2, 0) is 30.4 Å². The second-order valence-electron chi connectivity index (χ2n) is 8.76. The van der Waals surface area contributed by atoms with Crippen molar-refractivity contribution < 1.29 is 34.2 Å². The number of unbranched alkanes of at least 4 members (excludes halogenated alkanes) is 1. The van der Waals surface area contributed by atoms with E-state index >= 15 is 0 Å². The summed E-state index contributed by atoms with van der Waals surface area (Å²) in [7, 11) is 0. The molecule has 0 aliphatic heterocycles. The zero-order valence-corrected chi connectivity index (χ0v) is 21.6. The number of carboxylic acids is 2. The number of H-pyrrole nitrogens is 1. The fraction of sp³-hybridized carbons (Fsp3) is 0.458. The van der Waals surface area contributed by atoms with Crippen LogP contribution in [0.3, 0.4) is 0 Å². The molecule has 1 aromatic carbocycles. The molecule has 0 saturated heterocycles. The molecule has 1 aromatic heterocycles. The molecular weight excluding hydrogens is 516 g/mol. The minimum atomic E-state index is -1.52. The summed E-state index contributed by atoms with van der Waals surface area (Å²) in [5.74, 6) is -5.15. The average molecular weight is 551 g/mol. The first-order chi connectivity index (χ1) is 18.1. The summed E-state index contributed by atoms with van der Waals surface area (Å²) in [6.07, 6.45) is 1.96. The van der Waals surface area contributed by atoms with Crippen molar-refractivity contribution in [2.75, 3.05) is 12.3 Å². The van der Waals surface area contributed by atoms with Gasteiger partial charge >= 0.3 is 11.9 Å². The Morgan fingerprint density at radius 2 is 1.55 bits per heavy atom. The Kier molecular flexibility index (Phi) is 12.0. The number of rotatable bonds is 16. The molecule has 0 aliphatic carbocycles. The van der Waals surface area contributed by atoms with E-state index in [1.54, 1.807) is 6.20 Å². The van der Waals surface area contributed by atoms with Crippen molar-refractivity contribution in [3.05, 3.63) is 36.0 Å². The van der Waals surface area contributed by atoms with E-state index < -0.39 is 60.2 Å². The maximum atomic E-state index is 13.1. The van der Waals surface area contributed by atoms with Crippen LogP contribution in [0.4, 0.5) is 0 Å². The number of fused-ring (bicyclic) bond motifs is 1. The second-order valence-corrected chi connectivity index (χ2v) is 9.12. The number of nitrogens with one attached hydrogen (secondary N) is 4. The highest BCUT2D eigenvalue weighted by atomic mass is 32.1. The summed E-state index contributed by atoms with van der Waals surface area (Å²) in [6, 6.07) is 2.21. The van der Waals surface area contributed by atoms with Crippen molar-refractivity contribution in [2.24, 2.45) is 11.5 Å². The zero-order valence-electron chi connectivity index (χ0n) is 20.7. The minimum absolute atomic E-state index is 0.0200. The number of hydrogen-bond acceptors (Lipinski definition) is 8. The summed E-state index contributed by atoms with van der Waals surface area (Å²) in [6.45, 7) is 0.333. The number of thiol groups is 1. The summed E-state index contributed by atoms with van der Waals surface area (Å²) in [5, 5.41) is 27.0. The van der Waals surface area contributed by atoms with Gasteiger partial charge in [0.25, 0.3) is 0 Å². The van der Waals surface area contributed by atoms with Gasteiger partial charge in [-0.2, -0.15) is 12.6 Å². The van der Waals surface area contributed by atoms with Crippen molar-refractivity contribution in [3.63, 3.8) is 0 Å². The van der Waals surface area contributed by atoms with Gasteiger partial charge in [-0.25, -0.2) is 4.79 Å². The van der Waals surface area contributed by atoms with E-state index in [9.17, 15) is 34.2 Å². The van der Waals surface area contributed by atoms with Gasteiger partial charge in [0.05, 0.1) is 12.5 Å². The van der Waals surface area contributed by atoms with Crippen LogP contribution in [0.1, 0.15) is 31.2 Å². The molecule has 2 aromatic rings. The quantitative estimate of drug-likeness (QED) is 0.0931. The molecule has 1 heterocycles. The molecule has 4 unspecified atom stereocenters. The number of benzene rings is 1. The van der Waals surface area contributed by atoms with Gasteiger partial charge in [0.2, 0.25) is 17.7 Å². The molecule has 14 heteroatoms. The van der Waals surface area contributed by atoms with Crippen LogP contribution < -0.4 is 27.4 Å². The number of amides is 3. The van der Waals surface area contributed by atoms with Crippen molar-refractivity contribution >= 4 is 53.2 Å².